The first-order valence-corrected chi connectivity index (χ1v) is 7.10. The van der Waals surface area contributed by atoms with Crippen LogP contribution in [0.2, 0.25) is 5.02 Å². The van der Waals surface area contributed by atoms with E-state index in [-0.39, 0.29) is 5.82 Å². The summed E-state index contributed by atoms with van der Waals surface area (Å²) < 4.78 is 13.1. The molecule has 0 heterocycles. The Morgan fingerprint density at radius 3 is 2.82 bits per heavy atom. The van der Waals surface area contributed by atoms with Gasteiger partial charge in [0, 0.05) is 22.9 Å². The molecule has 0 bridgehead atoms. The molecule has 1 aromatic carbocycles. The normalized spacial score (nSPS) is 23.8. The predicted molar refractivity (Wildman–Crippen MR) is 73.2 cm³/mol. The lowest BCUT2D eigenvalue weighted by atomic mass is 9.85. The minimum atomic E-state index is -0.220. The van der Waals surface area contributed by atoms with Gasteiger partial charge in [-0.3, -0.25) is 0 Å². The molecule has 0 atom stereocenters. The summed E-state index contributed by atoms with van der Waals surface area (Å²) in [7, 11) is 2.06. The van der Waals surface area contributed by atoms with Crippen molar-refractivity contribution < 1.29 is 4.39 Å². The lowest BCUT2D eigenvalue weighted by molar-refractivity contribution is 0.208. The lowest BCUT2D eigenvalue weighted by Crippen LogP contribution is -2.34. The van der Waals surface area contributed by atoms with Crippen LogP contribution in [0.25, 0.3) is 0 Å². The first kappa shape index (κ1) is 13.3. The third-order valence-electron chi connectivity index (χ3n) is 3.20. The van der Waals surface area contributed by atoms with Gasteiger partial charge in [0.15, 0.2) is 0 Å². The van der Waals surface area contributed by atoms with E-state index in [1.165, 1.54) is 25.0 Å². The van der Waals surface area contributed by atoms with Crippen molar-refractivity contribution in [2.24, 2.45) is 5.92 Å². The van der Waals surface area contributed by atoms with Gasteiger partial charge in [-0.05, 0) is 49.6 Å². The summed E-state index contributed by atoms with van der Waals surface area (Å²) in [5, 5.41) is 0.644. The lowest BCUT2D eigenvalue weighted by Gasteiger charge is -2.34. The molecule has 1 aliphatic carbocycles. The zero-order valence-corrected chi connectivity index (χ0v) is 12.1. The molecule has 1 fully saturated rings. The zero-order chi connectivity index (χ0) is 12.4. The van der Waals surface area contributed by atoms with Crippen molar-refractivity contribution in [2.45, 2.75) is 24.2 Å². The molecule has 0 N–H and O–H groups in total. The van der Waals surface area contributed by atoms with Crippen LogP contribution in [0, 0.1) is 11.7 Å². The highest BCUT2D eigenvalue weighted by Crippen LogP contribution is 2.33. The molecule has 1 aromatic rings. The summed E-state index contributed by atoms with van der Waals surface area (Å²) in [5.74, 6) is 0.540. The topological polar surface area (TPSA) is 3.24 Å². The third-order valence-corrected chi connectivity index (χ3v) is 4.31. The maximum Gasteiger partial charge on any atom is 0.123 e. The molecule has 0 amide bonds. The minimum Gasteiger partial charge on any atom is -0.302 e. The van der Waals surface area contributed by atoms with E-state index in [4.69, 9.17) is 11.6 Å². The average molecular weight is 321 g/mol. The standard InChI is InChI=1S/C13H16BrClFN/c1-17(7-9-4-11(14)5-9)8-10-6-12(16)2-3-13(10)15/h2-3,6,9,11H,4-5,7-8H2,1H3. The molecule has 4 heteroatoms. The van der Waals surface area contributed by atoms with Gasteiger partial charge in [0.05, 0.1) is 0 Å². The molecule has 94 valence electrons. The van der Waals surface area contributed by atoms with Crippen molar-refractivity contribution in [1.29, 1.82) is 0 Å². The van der Waals surface area contributed by atoms with E-state index < -0.39 is 0 Å². The molecule has 2 rings (SSSR count). The van der Waals surface area contributed by atoms with Gasteiger partial charge < -0.3 is 4.90 Å². The van der Waals surface area contributed by atoms with E-state index >= 15 is 0 Å². The van der Waals surface area contributed by atoms with Crippen molar-refractivity contribution >= 4 is 27.5 Å². The summed E-state index contributed by atoms with van der Waals surface area (Å²) in [6.07, 6.45) is 2.47. The molecule has 0 aliphatic heterocycles. The Kier molecular flexibility index (Phi) is 4.45. The number of benzene rings is 1. The highest BCUT2D eigenvalue weighted by atomic mass is 79.9. The van der Waals surface area contributed by atoms with Crippen LogP contribution in [-0.2, 0) is 6.54 Å². The maximum atomic E-state index is 13.1. The summed E-state index contributed by atoms with van der Waals surface area (Å²) in [5.41, 5.74) is 0.865. The maximum absolute atomic E-state index is 13.1. The van der Waals surface area contributed by atoms with E-state index in [9.17, 15) is 4.39 Å². The summed E-state index contributed by atoms with van der Waals surface area (Å²) in [6, 6.07) is 4.54. The van der Waals surface area contributed by atoms with E-state index in [1.54, 1.807) is 6.07 Å². The Morgan fingerprint density at radius 2 is 2.18 bits per heavy atom. The number of hydrogen-bond acceptors (Lipinski definition) is 1. The van der Waals surface area contributed by atoms with E-state index in [1.807, 2.05) is 0 Å². The first-order valence-electron chi connectivity index (χ1n) is 5.81. The van der Waals surface area contributed by atoms with Gasteiger partial charge in [-0.15, -0.1) is 0 Å². The second-order valence-electron chi connectivity index (χ2n) is 4.87. The molecule has 17 heavy (non-hydrogen) atoms. The molecular formula is C13H16BrClFN. The first-order chi connectivity index (χ1) is 8.04. The number of halogens is 3. The van der Waals surface area contributed by atoms with E-state index in [2.05, 4.69) is 27.9 Å². The van der Waals surface area contributed by atoms with Crippen LogP contribution in [-0.4, -0.2) is 23.3 Å². The van der Waals surface area contributed by atoms with Gasteiger partial charge in [-0.1, -0.05) is 27.5 Å². The van der Waals surface area contributed by atoms with Crippen LogP contribution in [0.3, 0.4) is 0 Å². The molecule has 0 saturated heterocycles. The fraction of sp³-hybridized carbons (Fsp3) is 0.538. The third kappa shape index (κ3) is 3.67. The molecule has 0 unspecified atom stereocenters. The number of hydrogen-bond donors (Lipinski definition) is 0. The minimum absolute atomic E-state index is 0.220. The van der Waals surface area contributed by atoms with Crippen LogP contribution < -0.4 is 0 Å². The van der Waals surface area contributed by atoms with Crippen molar-refractivity contribution in [2.75, 3.05) is 13.6 Å². The Labute approximate surface area is 115 Å². The van der Waals surface area contributed by atoms with Crippen LogP contribution >= 0.6 is 27.5 Å². The van der Waals surface area contributed by atoms with Gasteiger partial charge in [-0.25, -0.2) is 4.39 Å². The van der Waals surface area contributed by atoms with Gasteiger partial charge in [0.2, 0.25) is 0 Å². The largest absolute Gasteiger partial charge is 0.302 e. The van der Waals surface area contributed by atoms with Gasteiger partial charge in [0.1, 0.15) is 5.82 Å². The van der Waals surface area contributed by atoms with E-state index in [0.717, 1.165) is 18.0 Å². The molecule has 1 saturated carbocycles. The molecule has 1 nitrogen and oxygen atoms in total. The second-order valence-corrected chi connectivity index (χ2v) is 6.57. The van der Waals surface area contributed by atoms with Crippen molar-refractivity contribution in [3.8, 4) is 0 Å². The molecule has 0 radical (unpaired) electrons. The van der Waals surface area contributed by atoms with Crippen molar-refractivity contribution in [1.82, 2.24) is 4.90 Å². The quantitative estimate of drug-likeness (QED) is 0.756. The Balaban J connectivity index is 1.89. The Bertz CT molecular complexity index is 393. The zero-order valence-electron chi connectivity index (χ0n) is 9.80. The van der Waals surface area contributed by atoms with Crippen LogP contribution in [0.4, 0.5) is 4.39 Å². The highest BCUT2D eigenvalue weighted by Gasteiger charge is 2.27. The number of rotatable bonds is 4. The molecule has 1 aliphatic rings. The number of nitrogens with zero attached hydrogens (tertiary/aromatic N) is 1. The van der Waals surface area contributed by atoms with Crippen LogP contribution in [0.1, 0.15) is 18.4 Å². The fourth-order valence-electron chi connectivity index (χ4n) is 2.26. The Hall–Kier alpha value is -0.120. The summed E-state index contributed by atoms with van der Waals surface area (Å²) in [6.45, 7) is 1.76. The number of alkyl halides is 1. The monoisotopic (exact) mass is 319 g/mol. The van der Waals surface area contributed by atoms with Gasteiger partial charge >= 0.3 is 0 Å². The highest BCUT2D eigenvalue weighted by molar-refractivity contribution is 9.09. The van der Waals surface area contributed by atoms with Crippen molar-refractivity contribution in [3.63, 3.8) is 0 Å². The van der Waals surface area contributed by atoms with Crippen molar-refractivity contribution in [3.05, 3.63) is 34.6 Å². The smallest absolute Gasteiger partial charge is 0.123 e. The van der Waals surface area contributed by atoms with E-state index in [0.29, 0.717) is 16.4 Å². The van der Waals surface area contributed by atoms with Crippen LogP contribution in [0.5, 0.6) is 0 Å². The molecular weight excluding hydrogens is 305 g/mol. The average Bonchev–Trinajstić information content (AvgIpc) is 2.21. The summed E-state index contributed by atoms with van der Waals surface area (Å²) in [4.78, 5) is 2.91. The second kappa shape index (κ2) is 5.68. The van der Waals surface area contributed by atoms with Gasteiger partial charge in [-0.2, -0.15) is 0 Å². The molecule has 0 aromatic heterocycles. The summed E-state index contributed by atoms with van der Waals surface area (Å²) >= 11 is 9.64. The Morgan fingerprint density at radius 1 is 1.47 bits per heavy atom. The SMILES string of the molecule is CN(Cc1cc(F)ccc1Cl)CC1CC(Br)C1. The van der Waals surface area contributed by atoms with Gasteiger partial charge in [0.25, 0.3) is 0 Å². The van der Waals surface area contributed by atoms with Crippen LogP contribution in [0.15, 0.2) is 18.2 Å². The molecule has 0 spiro atoms. The fourth-order valence-corrected chi connectivity index (χ4v) is 3.50. The predicted octanol–water partition coefficient (Wildman–Crippen LogP) is 4.08.